The molecule has 4 aromatic heterocycles. The molecule has 0 unspecified atom stereocenters. The molecule has 13 aromatic rings. The Bertz CT molecular complexity index is 4030. The third kappa shape index (κ3) is 6.09. The average molecular weight is 1120 g/mol. The van der Waals surface area contributed by atoms with Gasteiger partial charge in [0, 0.05) is 44.3 Å². The zero-order valence-corrected chi connectivity index (χ0v) is 42.7. The van der Waals surface area contributed by atoms with Crippen molar-refractivity contribution in [3.05, 3.63) is 255 Å². The van der Waals surface area contributed by atoms with Crippen LogP contribution in [0.2, 0.25) is 0 Å². The maximum atomic E-state index is 5.48. The fourth-order valence-corrected chi connectivity index (χ4v) is 22.4. The molecule has 8 heteroatoms. The predicted molar refractivity (Wildman–Crippen MR) is 294 cm³/mol. The van der Waals surface area contributed by atoms with Crippen LogP contribution in [-0.4, -0.2) is 30.5 Å². The number of hydrogen-bond donors (Lipinski definition) is 0. The van der Waals surface area contributed by atoms with E-state index < -0.39 is 16.1 Å². The molecule has 4 nitrogen and oxygen atoms in total. The maximum Gasteiger partial charge on any atom is 2.00 e. The van der Waals surface area contributed by atoms with Gasteiger partial charge in [0.05, 0.1) is 11.3 Å². The van der Waals surface area contributed by atoms with E-state index >= 15 is 0 Å². The van der Waals surface area contributed by atoms with Gasteiger partial charge in [-0.15, -0.1) is 46.2 Å². The second-order valence-electron chi connectivity index (χ2n) is 17.9. The van der Waals surface area contributed by atoms with Gasteiger partial charge in [-0.25, -0.2) is 4.98 Å². The summed E-state index contributed by atoms with van der Waals surface area (Å²) in [6.45, 7) is 0. The molecule has 0 saturated carbocycles. The number of nitrogens with zero attached hydrogens (tertiary/aromatic N) is 4. The molecule has 9 aromatic carbocycles. The molecule has 0 bridgehead atoms. The smallest absolute Gasteiger partial charge is 0.340 e. The Labute approximate surface area is 426 Å². The summed E-state index contributed by atoms with van der Waals surface area (Å²) in [7, 11) is -6.25. The fraction of sp³-hybridized carbons (Fsp3) is 0. The van der Waals surface area contributed by atoms with Gasteiger partial charge >= 0.3 is 21.1 Å². The molecule has 1 aliphatic heterocycles. The average Bonchev–Trinajstić information content (AvgIpc) is 4.08. The summed E-state index contributed by atoms with van der Waals surface area (Å²) in [5, 5.41) is 15.8. The van der Waals surface area contributed by atoms with Crippen molar-refractivity contribution in [2.24, 2.45) is 0 Å². The summed E-state index contributed by atoms with van der Waals surface area (Å²) in [6.07, 6.45) is 5.94. The Morgan fingerprint density at radius 1 is 0.471 bits per heavy atom. The quantitative estimate of drug-likeness (QED) is 0.0691. The topological polar surface area (TPSA) is 33.4 Å². The summed E-state index contributed by atoms with van der Waals surface area (Å²) in [4.78, 5) is 12.9. The van der Waals surface area contributed by atoms with E-state index in [-0.39, 0.29) is 21.1 Å². The van der Waals surface area contributed by atoms with Gasteiger partial charge in [0.15, 0.2) is 8.07 Å². The zero-order valence-electron chi connectivity index (χ0n) is 37.6. The summed E-state index contributed by atoms with van der Waals surface area (Å²) < 4.78 is 4.73. The van der Waals surface area contributed by atoms with E-state index in [0.29, 0.717) is 0 Å². The summed E-state index contributed by atoms with van der Waals surface area (Å²) in [6, 6.07) is 91.4. The Balaban J connectivity index is 0.00000480. The molecule has 0 fully saturated rings. The molecule has 0 N–H and O–H groups in total. The second-order valence-corrected chi connectivity index (χ2v) is 26.4. The molecule has 70 heavy (non-hydrogen) atoms. The van der Waals surface area contributed by atoms with Crippen molar-refractivity contribution in [2.45, 2.75) is 0 Å². The molecule has 0 aliphatic carbocycles. The van der Waals surface area contributed by atoms with Crippen LogP contribution >= 0.6 is 11.3 Å². The standard InChI is InChI=1S/C62H40N4SSi2.Pt/c1-5-20-44(21-6-1)68(45-22-7-2-8-23-45,49-34-35-50-51-29-13-15-31-54(51)65-40-39-64-61(65)53(50)42-49)48-28-17-19-43(41-48)66-60-57(37-36-56-59(60)52-30-14-16-32-55(52)67-56)69(46-24-9-3-10-25-46,47-26-11-4-12-27-47)58-33-18-38-63-62(58)66;/h1-40H;/q-2;+2. The van der Waals surface area contributed by atoms with Crippen LogP contribution in [0.4, 0.5) is 17.2 Å². The number of fused-ring (bicyclic) bond motifs is 12. The van der Waals surface area contributed by atoms with E-state index in [0.717, 1.165) is 43.8 Å². The summed E-state index contributed by atoms with van der Waals surface area (Å²) in [5.74, 6) is 0.943. The number of benzene rings is 9. The van der Waals surface area contributed by atoms with Crippen molar-refractivity contribution in [3.63, 3.8) is 0 Å². The van der Waals surface area contributed by atoms with Gasteiger partial charge in [0.25, 0.3) is 0 Å². The summed E-state index contributed by atoms with van der Waals surface area (Å²) in [5.41, 5.74) is 4.16. The first-order valence-corrected chi connectivity index (χ1v) is 28.2. The molecule has 5 heterocycles. The molecule has 0 atom stereocenters. The van der Waals surface area contributed by atoms with Crippen molar-refractivity contribution in [1.29, 1.82) is 0 Å². The Hall–Kier alpha value is -7.52. The van der Waals surface area contributed by atoms with E-state index in [1.807, 2.05) is 23.7 Å². The van der Waals surface area contributed by atoms with Crippen molar-refractivity contribution in [3.8, 4) is 0 Å². The van der Waals surface area contributed by atoms with Crippen molar-refractivity contribution >= 4 is 134 Å². The minimum atomic E-state index is -3.23. The first-order valence-electron chi connectivity index (χ1n) is 23.4. The van der Waals surface area contributed by atoms with Gasteiger partial charge in [-0.05, 0) is 60.8 Å². The molecule has 0 amide bonds. The molecule has 14 rings (SSSR count). The first-order chi connectivity index (χ1) is 34.2. The van der Waals surface area contributed by atoms with Crippen LogP contribution < -0.4 is 46.4 Å². The number of thiophene rings is 1. The maximum absolute atomic E-state index is 5.48. The molecule has 1 aliphatic rings. The van der Waals surface area contributed by atoms with Crippen molar-refractivity contribution in [2.75, 3.05) is 4.90 Å². The Morgan fingerprint density at radius 2 is 1.11 bits per heavy atom. The Kier molecular flexibility index (Phi) is 10.3. The largest absolute Gasteiger partial charge is 2.00 e. The number of para-hydroxylation sites is 1. The minimum Gasteiger partial charge on any atom is -0.340 e. The number of imidazole rings is 1. The number of pyridine rings is 2. The van der Waals surface area contributed by atoms with E-state index in [1.54, 1.807) is 0 Å². The van der Waals surface area contributed by atoms with Crippen LogP contribution in [0.25, 0.3) is 47.5 Å². The fourth-order valence-electron chi connectivity index (χ4n) is 11.7. The SMILES string of the molecule is [Pt+2].[c-]1c(N2c3ncccc3[Si](c3ccccc3)(c3ccccc3)c3ccc4sc5ccccc5c4c32)cccc1[Si](c1[c-]c2c(cc1)c1ccccc1n1ccnc21)(c1ccccc1)c1ccccc1. The number of aromatic nitrogens is 3. The normalized spacial score (nSPS) is 13.1. The van der Waals surface area contributed by atoms with E-state index in [4.69, 9.17) is 9.97 Å². The number of hydrogen-bond acceptors (Lipinski definition) is 4. The predicted octanol–water partition coefficient (Wildman–Crippen LogP) is 9.54. The Morgan fingerprint density at radius 3 is 1.84 bits per heavy atom. The van der Waals surface area contributed by atoms with Crippen LogP contribution in [0.3, 0.4) is 0 Å². The van der Waals surface area contributed by atoms with Crippen LogP contribution in [0, 0.1) is 12.1 Å². The molecule has 0 radical (unpaired) electrons. The van der Waals surface area contributed by atoms with E-state index in [9.17, 15) is 0 Å². The third-order valence-corrected chi connectivity index (χ3v) is 25.0. The molecule has 0 saturated heterocycles. The van der Waals surface area contributed by atoms with Gasteiger partial charge in [-0.2, -0.15) is 23.4 Å². The molecular formula is C62H40N4PtSSi2. The third-order valence-electron chi connectivity index (χ3n) is 14.5. The summed E-state index contributed by atoms with van der Waals surface area (Å²) >= 11 is 1.86. The second kappa shape index (κ2) is 16.9. The monoisotopic (exact) mass is 1120 g/mol. The van der Waals surface area contributed by atoms with E-state index in [2.05, 4.69) is 252 Å². The molecular weight excluding hydrogens is 1080 g/mol. The van der Waals surface area contributed by atoms with Crippen molar-refractivity contribution in [1.82, 2.24) is 14.4 Å². The van der Waals surface area contributed by atoms with Crippen LogP contribution in [-0.2, 0) is 21.1 Å². The molecule has 0 spiro atoms. The molecule has 332 valence electrons. The number of rotatable bonds is 7. The van der Waals surface area contributed by atoms with Crippen LogP contribution in [0.1, 0.15) is 0 Å². The van der Waals surface area contributed by atoms with E-state index in [1.165, 1.54) is 62.4 Å². The van der Waals surface area contributed by atoms with Gasteiger partial charge < -0.3 is 9.30 Å². The van der Waals surface area contributed by atoms with Crippen LogP contribution in [0.5, 0.6) is 0 Å². The first kappa shape index (κ1) is 42.6. The number of anilines is 3. The van der Waals surface area contributed by atoms with Crippen LogP contribution in [0.15, 0.2) is 243 Å². The van der Waals surface area contributed by atoms with Gasteiger partial charge in [-0.3, -0.25) is 4.98 Å². The van der Waals surface area contributed by atoms with Gasteiger partial charge in [0.2, 0.25) is 0 Å². The zero-order chi connectivity index (χ0) is 45.5. The van der Waals surface area contributed by atoms with Gasteiger partial charge in [-0.1, -0.05) is 181 Å². The van der Waals surface area contributed by atoms with Crippen molar-refractivity contribution < 1.29 is 21.1 Å². The minimum absolute atomic E-state index is 0. The van der Waals surface area contributed by atoms with Gasteiger partial charge in [0.1, 0.15) is 13.9 Å².